The van der Waals surface area contributed by atoms with E-state index in [1.165, 1.54) is 6.92 Å². The van der Waals surface area contributed by atoms with Gasteiger partial charge < -0.3 is 5.11 Å². The van der Waals surface area contributed by atoms with Crippen molar-refractivity contribution in [2.45, 2.75) is 20.8 Å². The van der Waals surface area contributed by atoms with E-state index >= 15 is 0 Å². The molecule has 0 radical (unpaired) electrons. The minimum atomic E-state index is -0.935. The molecule has 16 heavy (non-hydrogen) atoms. The molecule has 0 heterocycles. The summed E-state index contributed by atoms with van der Waals surface area (Å²) in [7, 11) is 0. The maximum atomic E-state index is 11.1. The molecule has 84 valence electrons. The van der Waals surface area contributed by atoms with Crippen molar-refractivity contribution >= 4 is 17.8 Å². The summed E-state index contributed by atoms with van der Waals surface area (Å²) < 4.78 is 0. The zero-order valence-electron chi connectivity index (χ0n) is 9.57. The summed E-state index contributed by atoms with van der Waals surface area (Å²) >= 11 is 0. The van der Waals surface area contributed by atoms with Gasteiger partial charge in [-0.05, 0) is 44.0 Å². The van der Waals surface area contributed by atoms with Gasteiger partial charge in [0.15, 0.2) is 5.78 Å². The molecule has 0 aliphatic heterocycles. The lowest BCUT2D eigenvalue weighted by Gasteiger charge is -2.03. The van der Waals surface area contributed by atoms with Crippen molar-refractivity contribution in [2.24, 2.45) is 0 Å². The number of benzene rings is 1. The van der Waals surface area contributed by atoms with Gasteiger partial charge in [0.25, 0.3) is 0 Å². The maximum absolute atomic E-state index is 11.1. The van der Waals surface area contributed by atoms with Gasteiger partial charge in [0.1, 0.15) is 0 Å². The molecular weight excluding hydrogens is 204 g/mol. The van der Waals surface area contributed by atoms with Crippen LogP contribution in [0.1, 0.15) is 35.3 Å². The Morgan fingerprint density at radius 1 is 1.25 bits per heavy atom. The Morgan fingerprint density at radius 3 is 2.31 bits per heavy atom. The molecule has 0 fully saturated rings. The van der Waals surface area contributed by atoms with Crippen LogP contribution in [0.25, 0.3) is 6.08 Å². The number of hydrogen-bond donors (Lipinski definition) is 1. The lowest BCUT2D eigenvalue weighted by atomic mass is 10.0. The van der Waals surface area contributed by atoms with Crippen molar-refractivity contribution in [2.75, 3.05) is 0 Å². The molecule has 0 aliphatic rings. The third kappa shape index (κ3) is 2.79. The second-order valence-corrected chi connectivity index (χ2v) is 3.76. The van der Waals surface area contributed by atoms with Gasteiger partial charge >= 0.3 is 5.97 Å². The molecule has 1 aromatic carbocycles. The molecule has 0 unspecified atom stereocenters. The summed E-state index contributed by atoms with van der Waals surface area (Å²) in [6.07, 6.45) is 1.60. The number of aryl methyl sites for hydroxylation is 1. The highest BCUT2D eigenvalue weighted by molar-refractivity contribution is 5.95. The Bertz CT molecular complexity index is 470. The monoisotopic (exact) mass is 218 g/mol. The predicted octanol–water partition coefficient (Wildman–Crippen LogP) is 2.69. The van der Waals surface area contributed by atoms with Crippen LogP contribution in [-0.4, -0.2) is 16.9 Å². The van der Waals surface area contributed by atoms with Crippen LogP contribution in [0.4, 0.5) is 0 Å². The molecule has 0 spiro atoms. The number of aliphatic carboxylic acids is 1. The summed E-state index contributed by atoms with van der Waals surface area (Å²) in [4.78, 5) is 21.8. The molecule has 1 N–H and O–H groups in total. The van der Waals surface area contributed by atoms with Gasteiger partial charge in [-0.15, -0.1) is 0 Å². The third-order valence-corrected chi connectivity index (χ3v) is 2.39. The van der Waals surface area contributed by atoms with Crippen LogP contribution in [0.5, 0.6) is 0 Å². The topological polar surface area (TPSA) is 54.4 Å². The normalized spacial score (nSPS) is 11.3. The fourth-order valence-electron chi connectivity index (χ4n) is 1.35. The molecule has 0 saturated carbocycles. The van der Waals surface area contributed by atoms with Gasteiger partial charge in [0.05, 0.1) is 0 Å². The second kappa shape index (κ2) is 4.75. The van der Waals surface area contributed by atoms with Crippen molar-refractivity contribution in [3.05, 3.63) is 40.5 Å². The van der Waals surface area contributed by atoms with Crippen molar-refractivity contribution in [3.8, 4) is 0 Å². The molecule has 0 aliphatic carbocycles. The first-order chi connectivity index (χ1) is 7.41. The van der Waals surface area contributed by atoms with Crippen LogP contribution in [-0.2, 0) is 4.79 Å². The minimum absolute atomic E-state index is 0.00795. The van der Waals surface area contributed by atoms with Crippen LogP contribution in [0, 0.1) is 6.92 Å². The Labute approximate surface area is 94.4 Å². The lowest BCUT2D eigenvalue weighted by molar-refractivity contribution is -0.132. The fraction of sp³-hybridized carbons (Fsp3) is 0.231. The van der Waals surface area contributed by atoms with Gasteiger partial charge in [-0.3, -0.25) is 4.79 Å². The summed E-state index contributed by atoms with van der Waals surface area (Å²) in [6, 6.07) is 5.23. The molecule has 1 rings (SSSR count). The summed E-state index contributed by atoms with van der Waals surface area (Å²) in [5.74, 6) is -0.927. The van der Waals surface area contributed by atoms with Crippen LogP contribution >= 0.6 is 0 Å². The molecule has 3 nitrogen and oxygen atoms in total. The number of Topliss-reactive ketones (excluding diaryl/α,β-unsaturated/α-hetero) is 1. The predicted molar refractivity (Wildman–Crippen MR) is 62.5 cm³/mol. The summed E-state index contributed by atoms with van der Waals surface area (Å²) in [5.41, 5.74) is 2.64. The average Bonchev–Trinajstić information content (AvgIpc) is 2.20. The van der Waals surface area contributed by atoms with E-state index in [1.807, 2.05) is 6.92 Å². The SMILES string of the molecule is CC(=O)c1ccc(C=C(C)C(=O)O)c(C)c1. The Kier molecular flexibility index (Phi) is 3.61. The van der Waals surface area contributed by atoms with Crippen molar-refractivity contribution < 1.29 is 14.7 Å². The molecule has 0 aromatic heterocycles. The van der Waals surface area contributed by atoms with E-state index in [2.05, 4.69) is 0 Å². The number of ketones is 1. The first kappa shape index (κ1) is 12.2. The van der Waals surface area contributed by atoms with E-state index in [9.17, 15) is 9.59 Å². The Hall–Kier alpha value is -1.90. The Morgan fingerprint density at radius 2 is 1.88 bits per heavy atom. The molecule has 1 aromatic rings. The van der Waals surface area contributed by atoms with Crippen LogP contribution in [0.3, 0.4) is 0 Å². The van der Waals surface area contributed by atoms with Crippen LogP contribution < -0.4 is 0 Å². The summed E-state index contributed by atoms with van der Waals surface area (Å²) in [5, 5.41) is 8.75. The third-order valence-electron chi connectivity index (χ3n) is 2.39. The van der Waals surface area contributed by atoms with E-state index in [0.717, 1.165) is 11.1 Å². The second-order valence-electron chi connectivity index (χ2n) is 3.76. The van der Waals surface area contributed by atoms with Crippen molar-refractivity contribution in [1.82, 2.24) is 0 Å². The number of carboxylic acid groups (broad SMARTS) is 1. The zero-order valence-corrected chi connectivity index (χ0v) is 9.57. The van der Waals surface area contributed by atoms with Gasteiger partial charge in [-0.1, -0.05) is 12.1 Å². The van der Waals surface area contributed by atoms with Crippen molar-refractivity contribution in [3.63, 3.8) is 0 Å². The quantitative estimate of drug-likeness (QED) is 0.626. The van der Waals surface area contributed by atoms with E-state index in [-0.39, 0.29) is 11.4 Å². The molecule has 0 atom stereocenters. The standard InChI is InChI=1S/C13H14O3/c1-8-6-12(10(3)14)5-4-11(8)7-9(2)13(15)16/h4-7H,1-3H3,(H,15,16). The average molecular weight is 218 g/mol. The number of carbonyl (C=O) groups excluding carboxylic acids is 1. The number of rotatable bonds is 3. The van der Waals surface area contributed by atoms with E-state index < -0.39 is 5.97 Å². The van der Waals surface area contributed by atoms with Gasteiger partial charge in [0.2, 0.25) is 0 Å². The lowest BCUT2D eigenvalue weighted by Crippen LogP contribution is -1.97. The highest BCUT2D eigenvalue weighted by atomic mass is 16.4. The zero-order chi connectivity index (χ0) is 12.3. The van der Waals surface area contributed by atoms with Crippen LogP contribution in [0.15, 0.2) is 23.8 Å². The maximum Gasteiger partial charge on any atom is 0.331 e. The highest BCUT2D eigenvalue weighted by Crippen LogP contribution is 2.15. The number of carbonyl (C=O) groups is 2. The first-order valence-corrected chi connectivity index (χ1v) is 4.95. The molecule has 0 amide bonds. The van der Waals surface area contributed by atoms with Crippen LogP contribution in [0.2, 0.25) is 0 Å². The highest BCUT2D eigenvalue weighted by Gasteiger charge is 2.04. The van der Waals surface area contributed by atoms with Gasteiger partial charge in [-0.25, -0.2) is 4.79 Å². The minimum Gasteiger partial charge on any atom is -0.478 e. The number of carboxylic acids is 1. The van der Waals surface area contributed by atoms with Crippen molar-refractivity contribution in [1.29, 1.82) is 0 Å². The molecular formula is C13H14O3. The fourth-order valence-corrected chi connectivity index (χ4v) is 1.35. The molecule has 3 heteroatoms. The van der Waals surface area contributed by atoms with E-state index in [4.69, 9.17) is 5.11 Å². The summed E-state index contributed by atoms with van der Waals surface area (Å²) in [6.45, 7) is 4.90. The van der Waals surface area contributed by atoms with Gasteiger partial charge in [0, 0.05) is 11.1 Å². The Balaban J connectivity index is 3.14. The number of hydrogen-bond acceptors (Lipinski definition) is 2. The first-order valence-electron chi connectivity index (χ1n) is 4.95. The van der Waals surface area contributed by atoms with E-state index in [0.29, 0.717) is 5.56 Å². The largest absolute Gasteiger partial charge is 0.478 e. The molecule has 0 saturated heterocycles. The van der Waals surface area contributed by atoms with Gasteiger partial charge in [-0.2, -0.15) is 0 Å². The smallest absolute Gasteiger partial charge is 0.331 e. The van der Waals surface area contributed by atoms with E-state index in [1.54, 1.807) is 31.2 Å². The molecule has 0 bridgehead atoms.